The molecule has 6 nitrogen and oxygen atoms in total. The second-order valence-corrected chi connectivity index (χ2v) is 3.79. The molecule has 0 spiro atoms. The lowest BCUT2D eigenvalue weighted by Crippen LogP contribution is -2.52. The van der Waals surface area contributed by atoms with Crippen molar-refractivity contribution in [2.45, 2.75) is 38.0 Å². The van der Waals surface area contributed by atoms with Crippen LogP contribution in [-0.2, 0) is 9.59 Å². The number of hydrogen-bond acceptors (Lipinski definition) is 4. The number of carboxylic acids is 1. The summed E-state index contributed by atoms with van der Waals surface area (Å²) >= 11 is 0. The van der Waals surface area contributed by atoms with Crippen molar-refractivity contribution in [1.82, 2.24) is 4.90 Å². The minimum absolute atomic E-state index is 0. The van der Waals surface area contributed by atoms with Crippen molar-refractivity contribution < 1.29 is 19.8 Å². The topological polar surface area (TPSA) is 104 Å². The van der Waals surface area contributed by atoms with Crippen molar-refractivity contribution in [3.8, 4) is 0 Å². The van der Waals surface area contributed by atoms with Crippen molar-refractivity contribution in [3.05, 3.63) is 0 Å². The maximum absolute atomic E-state index is 11.7. The first-order chi connectivity index (χ1) is 6.95. The number of aliphatic carboxylic acids is 1. The minimum atomic E-state index is -1.04. The van der Waals surface area contributed by atoms with E-state index in [1.807, 2.05) is 0 Å². The van der Waals surface area contributed by atoms with Gasteiger partial charge in [0.05, 0.1) is 6.10 Å². The Hall–Kier alpha value is -0.850. The second kappa shape index (κ2) is 6.03. The SMILES string of the molecule is C[C@@H](O)[C@H](N)C(=O)N1CCC[C@H]1C(=O)O.Cl. The number of hydrogen-bond donors (Lipinski definition) is 3. The highest BCUT2D eigenvalue weighted by Gasteiger charge is 2.37. The first-order valence-corrected chi connectivity index (χ1v) is 4.92. The molecule has 1 rings (SSSR count). The largest absolute Gasteiger partial charge is 0.480 e. The van der Waals surface area contributed by atoms with Crippen LogP contribution in [0.3, 0.4) is 0 Å². The van der Waals surface area contributed by atoms with E-state index in [1.165, 1.54) is 11.8 Å². The quantitative estimate of drug-likeness (QED) is 0.610. The normalized spacial score (nSPS) is 23.4. The minimum Gasteiger partial charge on any atom is -0.480 e. The molecule has 1 amide bonds. The van der Waals surface area contributed by atoms with E-state index < -0.39 is 30.1 Å². The molecule has 16 heavy (non-hydrogen) atoms. The summed E-state index contributed by atoms with van der Waals surface area (Å²) in [5.41, 5.74) is 5.47. The summed E-state index contributed by atoms with van der Waals surface area (Å²) in [7, 11) is 0. The number of rotatable bonds is 3. The summed E-state index contributed by atoms with van der Waals surface area (Å²) in [6, 6.07) is -1.83. The summed E-state index contributed by atoms with van der Waals surface area (Å²) in [6.07, 6.45) is 0.149. The van der Waals surface area contributed by atoms with Gasteiger partial charge in [-0.2, -0.15) is 0 Å². The molecule has 0 radical (unpaired) electrons. The van der Waals surface area contributed by atoms with E-state index in [0.29, 0.717) is 19.4 Å². The van der Waals surface area contributed by atoms with E-state index in [-0.39, 0.29) is 12.4 Å². The number of aliphatic hydroxyl groups excluding tert-OH is 1. The molecule has 0 aromatic carbocycles. The van der Waals surface area contributed by atoms with Crippen LogP contribution in [-0.4, -0.2) is 51.7 Å². The third-order valence-corrected chi connectivity index (χ3v) is 2.63. The van der Waals surface area contributed by atoms with Crippen LogP contribution in [0.4, 0.5) is 0 Å². The van der Waals surface area contributed by atoms with Crippen molar-refractivity contribution in [3.63, 3.8) is 0 Å². The zero-order chi connectivity index (χ0) is 11.6. The Labute approximate surface area is 99.8 Å². The highest BCUT2D eigenvalue weighted by atomic mass is 35.5. The fraction of sp³-hybridized carbons (Fsp3) is 0.778. The van der Waals surface area contributed by atoms with Gasteiger partial charge in [0, 0.05) is 6.54 Å². The van der Waals surface area contributed by atoms with Crippen molar-refractivity contribution >= 4 is 24.3 Å². The number of carbonyl (C=O) groups is 2. The van der Waals surface area contributed by atoms with E-state index in [1.54, 1.807) is 0 Å². The summed E-state index contributed by atoms with van der Waals surface area (Å²) in [6.45, 7) is 1.81. The molecule has 3 atom stereocenters. The maximum Gasteiger partial charge on any atom is 0.326 e. The molecule has 1 aliphatic heterocycles. The van der Waals surface area contributed by atoms with Crippen LogP contribution < -0.4 is 5.73 Å². The Balaban J connectivity index is 0.00000225. The van der Waals surface area contributed by atoms with Crippen LogP contribution in [0.1, 0.15) is 19.8 Å². The van der Waals surface area contributed by atoms with E-state index in [0.717, 1.165) is 0 Å². The summed E-state index contributed by atoms with van der Waals surface area (Å²) in [4.78, 5) is 23.7. The molecule has 1 saturated heterocycles. The van der Waals surface area contributed by atoms with Gasteiger partial charge in [-0.25, -0.2) is 4.79 Å². The van der Waals surface area contributed by atoms with Gasteiger partial charge in [-0.15, -0.1) is 12.4 Å². The third kappa shape index (κ3) is 3.07. The van der Waals surface area contributed by atoms with Crippen LogP contribution >= 0.6 is 12.4 Å². The molecule has 0 unspecified atom stereocenters. The van der Waals surface area contributed by atoms with Crippen LogP contribution in [0, 0.1) is 0 Å². The number of amides is 1. The average Bonchev–Trinajstić information content (AvgIpc) is 2.63. The van der Waals surface area contributed by atoms with Gasteiger partial charge < -0.3 is 20.8 Å². The van der Waals surface area contributed by atoms with Gasteiger partial charge in [-0.1, -0.05) is 0 Å². The predicted octanol–water partition coefficient (Wildman–Crippen LogP) is -0.808. The number of nitrogens with two attached hydrogens (primary N) is 1. The van der Waals surface area contributed by atoms with Gasteiger partial charge in [0.15, 0.2) is 0 Å². The van der Waals surface area contributed by atoms with Crippen molar-refractivity contribution in [2.75, 3.05) is 6.54 Å². The van der Waals surface area contributed by atoms with E-state index in [2.05, 4.69) is 0 Å². The number of carboxylic acid groups (broad SMARTS) is 1. The van der Waals surface area contributed by atoms with Gasteiger partial charge in [0.2, 0.25) is 5.91 Å². The Morgan fingerprint density at radius 1 is 1.50 bits per heavy atom. The van der Waals surface area contributed by atoms with Gasteiger partial charge in [-0.05, 0) is 19.8 Å². The van der Waals surface area contributed by atoms with E-state index in [9.17, 15) is 9.59 Å². The van der Waals surface area contributed by atoms with Gasteiger partial charge >= 0.3 is 5.97 Å². The summed E-state index contributed by atoms with van der Waals surface area (Å²) < 4.78 is 0. The number of aliphatic hydroxyl groups is 1. The van der Waals surface area contributed by atoms with Gasteiger partial charge in [-0.3, -0.25) is 4.79 Å². The molecular formula is C9H17ClN2O4. The van der Waals surface area contributed by atoms with Crippen LogP contribution in [0.25, 0.3) is 0 Å². The third-order valence-electron chi connectivity index (χ3n) is 2.63. The molecule has 0 aromatic heterocycles. The molecule has 7 heteroatoms. The molecule has 94 valence electrons. The molecule has 4 N–H and O–H groups in total. The molecule has 0 bridgehead atoms. The first-order valence-electron chi connectivity index (χ1n) is 4.92. The summed E-state index contributed by atoms with van der Waals surface area (Å²) in [5.74, 6) is -1.51. The zero-order valence-corrected chi connectivity index (χ0v) is 9.81. The lowest BCUT2D eigenvalue weighted by molar-refractivity contribution is -0.149. The maximum atomic E-state index is 11.7. The molecule has 1 aliphatic rings. The second-order valence-electron chi connectivity index (χ2n) is 3.79. The van der Waals surface area contributed by atoms with Crippen molar-refractivity contribution in [1.29, 1.82) is 0 Å². The zero-order valence-electron chi connectivity index (χ0n) is 9.00. The summed E-state index contributed by atoms with van der Waals surface area (Å²) in [5, 5.41) is 18.0. The number of carbonyl (C=O) groups excluding carboxylic acids is 1. The fourth-order valence-corrected chi connectivity index (χ4v) is 1.69. The monoisotopic (exact) mass is 252 g/mol. The first kappa shape index (κ1) is 15.2. The lowest BCUT2D eigenvalue weighted by Gasteiger charge is -2.25. The van der Waals surface area contributed by atoms with E-state index >= 15 is 0 Å². The van der Waals surface area contributed by atoms with Crippen molar-refractivity contribution in [2.24, 2.45) is 5.73 Å². The predicted molar refractivity (Wildman–Crippen MR) is 59.3 cm³/mol. The van der Waals surface area contributed by atoms with E-state index in [4.69, 9.17) is 15.9 Å². The Bertz CT molecular complexity index is 272. The fourth-order valence-electron chi connectivity index (χ4n) is 1.69. The molecular weight excluding hydrogens is 236 g/mol. The van der Waals surface area contributed by atoms with Gasteiger partial charge in [0.25, 0.3) is 0 Å². The molecule has 1 heterocycles. The molecule has 0 saturated carbocycles. The lowest BCUT2D eigenvalue weighted by atomic mass is 10.1. The molecule has 0 aliphatic carbocycles. The molecule has 0 aromatic rings. The number of nitrogens with zero attached hydrogens (tertiary/aromatic N) is 1. The number of halogens is 1. The van der Waals surface area contributed by atoms with Crippen LogP contribution in [0.2, 0.25) is 0 Å². The van der Waals surface area contributed by atoms with Crippen LogP contribution in [0.15, 0.2) is 0 Å². The van der Waals surface area contributed by atoms with Crippen LogP contribution in [0.5, 0.6) is 0 Å². The molecule has 1 fully saturated rings. The number of likely N-dealkylation sites (tertiary alicyclic amines) is 1. The standard InChI is InChI=1S/C9H16N2O4.ClH/c1-5(12)7(10)8(13)11-4-2-3-6(11)9(14)15;/h5-7,12H,2-4,10H2,1H3,(H,14,15);1H/t5-,6+,7+;/m1./s1. The Kier molecular flexibility index (Phi) is 5.71. The van der Waals surface area contributed by atoms with Gasteiger partial charge in [0.1, 0.15) is 12.1 Å². The smallest absolute Gasteiger partial charge is 0.326 e. The highest BCUT2D eigenvalue weighted by molar-refractivity contribution is 5.87. The Morgan fingerprint density at radius 3 is 2.50 bits per heavy atom. The highest BCUT2D eigenvalue weighted by Crippen LogP contribution is 2.18. The Morgan fingerprint density at radius 2 is 2.06 bits per heavy atom. The average molecular weight is 253 g/mol.